The molecule has 1 heterocycles. The van der Waals surface area contributed by atoms with Crippen molar-refractivity contribution in [2.45, 2.75) is 43.0 Å². The third-order valence-electron chi connectivity index (χ3n) is 3.24. The van der Waals surface area contributed by atoms with Gasteiger partial charge >= 0.3 is 0 Å². The zero-order valence-corrected chi connectivity index (χ0v) is 14.6. The molecule has 2 nitrogen and oxygen atoms in total. The van der Waals surface area contributed by atoms with Crippen molar-refractivity contribution >= 4 is 39.0 Å². The molecule has 0 unspecified atom stereocenters. The fourth-order valence-corrected chi connectivity index (χ4v) is 4.09. The van der Waals surface area contributed by atoms with Gasteiger partial charge in [0.15, 0.2) is 0 Å². The summed E-state index contributed by atoms with van der Waals surface area (Å²) in [5.41, 5.74) is 1.19. The first kappa shape index (κ1) is 14.6. The van der Waals surface area contributed by atoms with Crippen molar-refractivity contribution in [3.05, 3.63) is 44.3 Å². The lowest BCUT2D eigenvalue weighted by Crippen LogP contribution is -2.14. The third kappa shape index (κ3) is 4.07. The van der Waals surface area contributed by atoms with Crippen LogP contribution in [0.3, 0.4) is 0 Å². The normalized spacial score (nSPS) is 14.7. The first-order chi connectivity index (χ1) is 9.70. The molecule has 0 amide bonds. The average Bonchev–Trinajstić information content (AvgIpc) is 3.20. The second-order valence-corrected chi connectivity index (χ2v) is 8.15. The summed E-state index contributed by atoms with van der Waals surface area (Å²) in [7, 11) is 0. The van der Waals surface area contributed by atoms with Crippen LogP contribution in [0.15, 0.2) is 33.6 Å². The molecule has 5 heteroatoms. The maximum absolute atomic E-state index is 4.69. The van der Waals surface area contributed by atoms with Gasteiger partial charge in [0, 0.05) is 26.8 Å². The van der Waals surface area contributed by atoms with Gasteiger partial charge in [-0.25, -0.2) is 4.98 Å². The van der Waals surface area contributed by atoms with Crippen molar-refractivity contribution in [1.29, 1.82) is 0 Å². The van der Waals surface area contributed by atoms with Crippen LogP contribution >= 0.6 is 39.0 Å². The van der Waals surface area contributed by atoms with Crippen molar-refractivity contribution < 1.29 is 0 Å². The first-order valence-corrected chi connectivity index (χ1v) is 9.37. The Morgan fingerprint density at radius 1 is 1.35 bits per heavy atom. The highest BCUT2D eigenvalue weighted by atomic mass is 79.9. The molecule has 1 N–H and O–H groups in total. The molecule has 1 fully saturated rings. The lowest BCUT2D eigenvalue weighted by molar-refractivity contribution is 0.691. The summed E-state index contributed by atoms with van der Waals surface area (Å²) >= 11 is 7.16. The molecule has 0 spiro atoms. The molecule has 3 rings (SSSR count). The monoisotopic (exact) mass is 368 g/mol. The molecule has 1 aromatic carbocycles. The van der Waals surface area contributed by atoms with Crippen LogP contribution in [0.4, 0.5) is 0 Å². The van der Waals surface area contributed by atoms with Crippen LogP contribution in [-0.4, -0.2) is 11.0 Å². The molecule has 0 radical (unpaired) electrons. The number of thiazole rings is 1. The summed E-state index contributed by atoms with van der Waals surface area (Å²) in [5, 5.41) is 4.79. The molecule has 20 heavy (non-hydrogen) atoms. The number of benzene rings is 1. The van der Waals surface area contributed by atoms with E-state index in [-0.39, 0.29) is 0 Å². The number of aryl methyl sites for hydroxylation is 1. The van der Waals surface area contributed by atoms with E-state index in [4.69, 9.17) is 4.98 Å². The highest BCUT2D eigenvalue weighted by Gasteiger charge is 2.21. The van der Waals surface area contributed by atoms with E-state index in [9.17, 15) is 0 Å². The fourth-order valence-electron chi connectivity index (χ4n) is 1.91. The van der Waals surface area contributed by atoms with Gasteiger partial charge in [0.1, 0.15) is 5.01 Å². The maximum Gasteiger partial charge on any atom is 0.103 e. The summed E-state index contributed by atoms with van der Waals surface area (Å²) in [6.45, 7) is 3.10. The van der Waals surface area contributed by atoms with Gasteiger partial charge < -0.3 is 5.32 Å². The summed E-state index contributed by atoms with van der Waals surface area (Å²) in [5.74, 6) is 0.955. The lowest BCUT2D eigenvalue weighted by Gasteiger charge is -1.99. The minimum Gasteiger partial charge on any atom is -0.309 e. The molecule has 0 aliphatic heterocycles. The van der Waals surface area contributed by atoms with E-state index in [2.05, 4.69) is 52.4 Å². The standard InChI is InChI=1S/C15H17BrN2S2/c1-10-14(8-17-12-4-5-12)20-15(18-10)9-19-13-6-2-11(16)3-7-13/h2-3,6-7,12,17H,4-5,8-9H2,1H3. The fraction of sp³-hybridized carbons (Fsp3) is 0.400. The van der Waals surface area contributed by atoms with Gasteiger partial charge in [-0.15, -0.1) is 23.1 Å². The Balaban J connectivity index is 1.56. The van der Waals surface area contributed by atoms with Crippen molar-refractivity contribution in [3.8, 4) is 0 Å². The average molecular weight is 369 g/mol. The Morgan fingerprint density at radius 3 is 2.80 bits per heavy atom. The van der Waals surface area contributed by atoms with Crippen LogP contribution in [0.25, 0.3) is 0 Å². The van der Waals surface area contributed by atoms with Crippen molar-refractivity contribution in [1.82, 2.24) is 10.3 Å². The molecule has 106 valence electrons. The summed E-state index contributed by atoms with van der Waals surface area (Å²) < 4.78 is 1.13. The minimum atomic E-state index is 0.761. The predicted octanol–water partition coefficient (Wildman–Crippen LogP) is 4.76. The number of aromatic nitrogens is 1. The number of nitrogens with one attached hydrogen (secondary N) is 1. The molecular formula is C15H17BrN2S2. The van der Waals surface area contributed by atoms with Crippen LogP contribution in [-0.2, 0) is 12.3 Å². The smallest absolute Gasteiger partial charge is 0.103 e. The van der Waals surface area contributed by atoms with Gasteiger partial charge in [-0.3, -0.25) is 0 Å². The van der Waals surface area contributed by atoms with Crippen molar-refractivity contribution in [2.75, 3.05) is 0 Å². The zero-order chi connectivity index (χ0) is 13.9. The van der Waals surface area contributed by atoms with E-state index in [0.29, 0.717) is 0 Å². The zero-order valence-electron chi connectivity index (χ0n) is 11.4. The second-order valence-electron chi connectivity index (χ2n) is 5.01. The van der Waals surface area contributed by atoms with Crippen molar-refractivity contribution in [2.24, 2.45) is 0 Å². The first-order valence-electron chi connectivity index (χ1n) is 6.77. The Morgan fingerprint density at radius 2 is 2.10 bits per heavy atom. The Labute approximate surface area is 136 Å². The van der Waals surface area contributed by atoms with E-state index in [1.165, 1.54) is 33.3 Å². The number of rotatable bonds is 6. The van der Waals surface area contributed by atoms with E-state index < -0.39 is 0 Å². The summed E-state index contributed by atoms with van der Waals surface area (Å²) in [6, 6.07) is 9.22. The number of hydrogen-bond donors (Lipinski definition) is 1. The molecule has 1 aromatic heterocycles. The van der Waals surface area contributed by atoms with Crippen LogP contribution < -0.4 is 5.32 Å². The Bertz CT molecular complexity index is 576. The number of halogens is 1. The lowest BCUT2D eigenvalue weighted by atomic mass is 10.4. The number of hydrogen-bond acceptors (Lipinski definition) is 4. The van der Waals surface area contributed by atoms with Crippen LogP contribution in [0, 0.1) is 6.92 Å². The quantitative estimate of drug-likeness (QED) is 0.744. The number of thioether (sulfide) groups is 1. The van der Waals surface area contributed by atoms with Crippen LogP contribution in [0.1, 0.15) is 28.4 Å². The molecule has 0 bridgehead atoms. The molecule has 2 aromatic rings. The van der Waals surface area contributed by atoms with Crippen LogP contribution in [0.5, 0.6) is 0 Å². The molecular weight excluding hydrogens is 352 g/mol. The highest BCUT2D eigenvalue weighted by Crippen LogP contribution is 2.28. The highest BCUT2D eigenvalue weighted by molar-refractivity contribution is 9.10. The van der Waals surface area contributed by atoms with Gasteiger partial charge in [0.25, 0.3) is 0 Å². The SMILES string of the molecule is Cc1nc(CSc2ccc(Br)cc2)sc1CNC1CC1. The van der Waals surface area contributed by atoms with E-state index in [1.54, 1.807) is 0 Å². The van der Waals surface area contributed by atoms with Gasteiger partial charge in [0.2, 0.25) is 0 Å². The number of nitrogens with zero attached hydrogens (tertiary/aromatic N) is 1. The maximum atomic E-state index is 4.69. The topological polar surface area (TPSA) is 24.9 Å². The molecule has 1 aliphatic rings. The summed E-state index contributed by atoms with van der Waals surface area (Å²) in [4.78, 5) is 7.37. The minimum absolute atomic E-state index is 0.761. The second kappa shape index (κ2) is 6.60. The third-order valence-corrected chi connectivity index (χ3v) is 6.13. The van der Waals surface area contributed by atoms with Gasteiger partial charge in [-0.05, 0) is 44.0 Å². The van der Waals surface area contributed by atoms with Gasteiger partial charge in [-0.2, -0.15) is 0 Å². The van der Waals surface area contributed by atoms with E-state index >= 15 is 0 Å². The molecule has 1 aliphatic carbocycles. The van der Waals surface area contributed by atoms with Gasteiger partial charge in [0.05, 0.1) is 11.4 Å². The summed E-state index contributed by atoms with van der Waals surface area (Å²) in [6.07, 6.45) is 2.67. The largest absolute Gasteiger partial charge is 0.309 e. The molecule has 1 saturated carbocycles. The van der Waals surface area contributed by atoms with Gasteiger partial charge in [-0.1, -0.05) is 15.9 Å². The van der Waals surface area contributed by atoms with Crippen LogP contribution in [0.2, 0.25) is 0 Å². The molecule has 0 saturated heterocycles. The van der Waals surface area contributed by atoms with Crippen molar-refractivity contribution in [3.63, 3.8) is 0 Å². The van der Waals surface area contributed by atoms with E-state index in [0.717, 1.165) is 22.8 Å². The Hall–Kier alpha value is -0.360. The predicted molar refractivity (Wildman–Crippen MR) is 90.4 cm³/mol. The Kier molecular flexibility index (Phi) is 4.81. The molecule has 0 atom stereocenters. The van der Waals surface area contributed by atoms with E-state index in [1.807, 2.05) is 23.1 Å².